The van der Waals surface area contributed by atoms with Gasteiger partial charge in [-0.3, -0.25) is 9.69 Å². The smallest absolute Gasteiger partial charge is 0.410 e. The number of hydroxylamine groups is 2. The van der Waals surface area contributed by atoms with Crippen LogP contribution in [0.25, 0.3) is 0 Å². The van der Waals surface area contributed by atoms with Crippen molar-refractivity contribution in [1.29, 1.82) is 0 Å². The van der Waals surface area contributed by atoms with Crippen LogP contribution in [0.2, 0.25) is 0 Å². The zero-order valence-electron chi connectivity index (χ0n) is 13.1. The summed E-state index contributed by atoms with van der Waals surface area (Å²) < 4.78 is 5.35. The van der Waals surface area contributed by atoms with Gasteiger partial charge in [-0.1, -0.05) is 0 Å². The molecule has 0 aliphatic carbocycles. The van der Waals surface area contributed by atoms with Crippen LogP contribution in [0.15, 0.2) is 0 Å². The summed E-state index contributed by atoms with van der Waals surface area (Å²) in [5.74, 6) is 0.0669. The molecule has 1 rings (SSSR count). The van der Waals surface area contributed by atoms with Gasteiger partial charge in [-0.15, -0.1) is 0 Å². The predicted octanol–water partition coefficient (Wildman–Crippen LogP) is 1.84. The van der Waals surface area contributed by atoms with Gasteiger partial charge in [-0.2, -0.15) is 5.06 Å². The van der Waals surface area contributed by atoms with Gasteiger partial charge < -0.3 is 9.57 Å². The van der Waals surface area contributed by atoms with E-state index >= 15 is 0 Å². The average Bonchev–Trinajstić information content (AvgIpc) is 2.82. The van der Waals surface area contributed by atoms with Gasteiger partial charge in [0.15, 0.2) is 5.78 Å². The van der Waals surface area contributed by atoms with E-state index in [2.05, 4.69) is 0 Å². The Kier molecular flexibility index (Phi) is 5.95. The summed E-state index contributed by atoms with van der Waals surface area (Å²) in [6.45, 7) is 6.58. The van der Waals surface area contributed by atoms with E-state index in [1.807, 2.05) is 20.8 Å². The van der Waals surface area contributed by atoms with Gasteiger partial charge in [-0.25, -0.2) is 4.79 Å². The van der Waals surface area contributed by atoms with E-state index in [-0.39, 0.29) is 11.8 Å². The Balaban J connectivity index is 2.56. The molecule has 1 aliphatic rings. The largest absolute Gasteiger partial charge is 0.444 e. The summed E-state index contributed by atoms with van der Waals surface area (Å²) in [7, 11) is 3.33. The van der Waals surface area contributed by atoms with Crippen LogP contribution >= 0.6 is 0 Å². The van der Waals surface area contributed by atoms with Gasteiger partial charge >= 0.3 is 6.09 Å². The molecule has 0 radical (unpaired) electrons. The first-order valence-corrected chi connectivity index (χ1v) is 7.02. The summed E-state index contributed by atoms with van der Waals surface area (Å²) in [6, 6.07) is -0.352. The molecule has 6 nitrogen and oxygen atoms in total. The zero-order valence-corrected chi connectivity index (χ0v) is 13.1. The van der Waals surface area contributed by atoms with Crippen molar-refractivity contribution in [3.05, 3.63) is 0 Å². The van der Waals surface area contributed by atoms with Crippen LogP contribution in [0.5, 0.6) is 0 Å². The highest BCUT2D eigenvalue weighted by Crippen LogP contribution is 2.22. The Bertz CT molecular complexity index is 352. The fourth-order valence-corrected chi connectivity index (χ4v) is 2.17. The Morgan fingerprint density at radius 2 is 2.00 bits per heavy atom. The van der Waals surface area contributed by atoms with E-state index in [4.69, 9.17) is 9.57 Å². The first-order chi connectivity index (χ1) is 9.24. The third-order valence-corrected chi connectivity index (χ3v) is 3.24. The van der Waals surface area contributed by atoms with Crippen molar-refractivity contribution < 1.29 is 19.2 Å². The van der Waals surface area contributed by atoms with Crippen molar-refractivity contribution in [3.63, 3.8) is 0 Å². The van der Waals surface area contributed by atoms with Crippen LogP contribution in [0.1, 0.15) is 40.0 Å². The van der Waals surface area contributed by atoms with Crippen LogP contribution in [0.4, 0.5) is 4.79 Å². The number of hydrogen-bond acceptors (Lipinski definition) is 5. The lowest BCUT2D eigenvalue weighted by molar-refractivity contribution is -0.131. The second-order valence-electron chi connectivity index (χ2n) is 6.08. The van der Waals surface area contributed by atoms with Crippen molar-refractivity contribution >= 4 is 11.9 Å². The normalized spacial score (nSPS) is 19.5. The van der Waals surface area contributed by atoms with E-state index < -0.39 is 11.7 Å². The van der Waals surface area contributed by atoms with Crippen LogP contribution in [0.3, 0.4) is 0 Å². The number of hydrogen-bond donors (Lipinski definition) is 0. The Morgan fingerprint density at radius 3 is 2.55 bits per heavy atom. The molecule has 0 saturated carbocycles. The quantitative estimate of drug-likeness (QED) is 0.722. The maximum absolute atomic E-state index is 12.2. The third kappa shape index (κ3) is 5.09. The molecule has 6 heteroatoms. The van der Waals surface area contributed by atoms with E-state index in [0.717, 1.165) is 12.8 Å². The number of carbonyl (C=O) groups excluding carboxylic acids is 2. The number of likely N-dealkylation sites (tertiary alicyclic amines) is 1. The fourth-order valence-electron chi connectivity index (χ4n) is 2.17. The molecule has 1 fully saturated rings. The Labute approximate surface area is 121 Å². The molecule has 1 atom stereocenters. The molecular weight excluding hydrogens is 260 g/mol. The van der Waals surface area contributed by atoms with E-state index in [0.29, 0.717) is 19.5 Å². The molecule has 116 valence electrons. The van der Waals surface area contributed by atoms with Gasteiger partial charge in [0.2, 0.25) is 0 Å². The number of ether oxygens (including phenoxy) is 1. The molecule has 20 heavy (non-hydrogen) atoms. The van der Waals surface area contributed by atoms with E-state index in [1.165, 1.54) is 0 Å². The molecule has 0 unspecified atom stereocenters. The first kappa shape index (κ1) is 16.9. The maximum Gasteiger partial charge on any atom is 0.410 e. The van der Waals surface area contributed by atoms with E-state index in [9.17, 15) is 9.59 Å². The standard InChI is InChI=1S/C14H26N2O4/c1-14(2,3)20-13(18)16-9-6-7-11(16)12(17)8-10-15(4)19-5/h11H,6-10H2,1-5H3/t11-/m0/s1. The molecular formula is C14H26N2O4. The van der Waals surface area contributed by atoms with Gasteiger partial charge in [0.05, 0.1) is 13.2 Å². The molecule has 0 aromatic carbocycles. The molecule has 1 heterocycles. The van der Waals surface area contributed by atoms with Crippen LogP contribution < -0.4 is 0 Å². The predicted molar refractivity (Wildman–Crippen MR) is 75.2 cm³/mol. The second-order valence-corrected chi connectivity index (χ2v) is 6.08. The van der Waals surface area contributed by atoms with Crippen LogP contribution in [-0.2, 0) is 14.4 Å². The topological polar surface area (TPSA) is 59.1 Å². The summed E-state index contributed by atoms with van der Waals surface area (Å²) >= 11 is 0. The van der Waals surface area contributed by atoms with Gasteiger partial charge in [0.25, 0.3) is 0 Å². The minimum Gasteiger partial charge on any atom is -0.444 e. The second kappa shape index (κ2) is 7.04. The van der Waals surface area contributed by atoms with Gasteiger partial charge in [0.1, 0.15) is 5.60 Å². The summed E-state index contributed by atoms with van der Waals surface area (Å²) in [5.41, 5.74) is -0.538. The SMILES string of the molecule is CON(C)CCC(=O)[C@@H]1CCCN1C(=O)OC(C)(C)C. The molecule has 1 saturated heterocycles. The van der Waals surface area contributed by atoms with Crippen molar-refractivity contribution in [2.45, 2.75) is 51.7 Å². The highest BCUT2D eigenvalue weighted by Gasteiger charge is 2.36. The molecule has 0 aromatic rings. The Morgan fingerprint density at radius 1 is 1.35 bits per heavy atom. The van der Waals surface area contributed by atoms with E-state index in [1.54, 1.807) is 24.1 Å². The Hall–Kier alpha value is -1.14. The lowest BCUT2D eigenvalue weighted by Crippen LogP contribution is -2.43. The average molecular weight is 286 g/mol. The molecule has 0 bridgehead atoms. The first-order valence-electron chi connectivity index (χ1n) is 7.02. The zero-order chi connectivity index (χ0) is 15.3. The maximum atomic E-state index is 12.2. The summed E-state index contributed by atoms with van der Waals surface area (Å²) in [6.07, 6.45) is 1.53. The van der Waals surface area contributed by atoms with Crippen LogP contribution in [-0.4, -0.2) is 60.7 Å². The number of Topliss-reactive ketones (excluding diaryl/α,β-unsaturated/α-hetero) is 1. The number of rotatable bonds is 5. The molecule has 1 aliphatic heterocycles. The highest BCUT2D eigenvalue weighted by atomic mass is 16.7. The summed E-state index contributed by atoms with van der Waals surface area (Å²) in [4.78, 5) is 30.8. The van der Waals surface area contributed by atoms with Crippen molar-refractivity contribution in [1.82, 2.24) is 9.96 Å². The summed E-state index contributed by atoms with van der Waals surface area (Å²) in [5, 5.41) is 1.60. The third-order valence-electron chi connectivity index (χ3n) is 3.24. The fraction of sp³-hybridized carbons (Fsp3) is 0.857. The number of nitrogens with zero attached hydrogens (tertiary/aromatic N) is 2. The minimum absolute atomic E-state index is 0.0669. The van der Waals surface area contributed by atoms with Crippen molar-refractivity contribution in [2.24, 2.45) is 0 Å². The lowest BCUT2D eigenvalue weighted by Gasteiger charge is -2.28. The number of amides is 1. The molecule has 0 N–H and O–H groups in total. The van der Waals surface area contributed by atoms with Gasteiger partial charge in [0, 0.05) is 26.6 Å². The number of carbonyl (C=O) groups is 2. The number of ketones is 1. The molecule has 1 amide bonds. The van der Waals surface area contributed by atoms with Crippen LogP contribution in [0, 0.1) is 0 Å². The highest BCUT2D eigenvalue weighted by molar-refractivity contribution is 5.88. The monoisotopic (exact) mass is 286 g/mol. The minimum atomic E-state index is -0.538. The van der Waals surface area contributed by atoms with Crippen molar-refractivity contribution in [2.75, 3.05) is 27.2 Å². The van der Waals surface area contributed by atoms with Gasteiger partial charge in [-0.05, 0) is 33.6 Å². The molecule has 0 spiro atoms. The van der Waals surface area contributed by atoms with Crippen molar-refractivity contribution in [3.8, 4) is 0 Å². The molecule has 0 aromatic heterocycles. The lowest BCUT2D eigenvalue weighted by atomic mass is 10.1.